The maximum atomic E-state index is 10.3. The van der Waals surface area contributed by atoms with E-state index in [-0.39, 0.29) is 6.10 Å². The van der Waals surface area contributed by atoms with Crippen LogP contribution in [0.15, 0.2) is 0 Å². The predicted octanol–water partition coefficient (Wildman–Crippen LogP) is 4.14. The molecule has 0 bridgehead atoms. The second kappa shape index (κ2) is 5.96. The van der Waals surface area contributed by atoms with Crippen LogP contribution < -0.4 is 0 Å². The quantitative estimate of drug-likeness (QED) is 0.795. The Balaban J connectivity index is 1.92. The average molecular weight is 282 g/mol. The third kappa shape index (κ3) is 3.39. The van der Waals surface area contributed by atoms with E-state index in [1.54, 1.807) is 0 Å². The van der Waals surface area contributed by atoms with Gasteiger partial charge in [-0.1, -0.05) is 33.1 Å². The van der Waals surface area contributed by atoms with Gasteiger partial charge in [0.2, 0.25) is 0 Å². The molecular weight excluding hydrogens is 248 g/mol. The van der Waals surface area contributed by atoms with E-state index < -0.39 is 5.60 Å². The van der Waals surface area contributed by atoms with Gasteiger partial charge < -0.3 is 10.2 Å². The van der Waals surface area contributed by atoms with Gasteiger partial charge in [-0.3, -0.25) is 0 Å². The Morgan fingerprint density at radius 3 is 2.60 bits per heavy atom. The van der Waals surface area contributed by atoms with Crippen molar-refractivity contribution in [3.63, 3.8) is 0 Å². The average Bonchev–Trinajstić information content (AvgIpc) is 2.66. The summed E-state index contributed by atoms with van der Waals surface area (Å²) < 4.78 is 0. The largest absolute Gasteiger partial charge is 0.393 e. The summed E-state index contributed by atoms with van der Waals surface area (Å²) in [6, 6.07) is 0. The molecule has 2 nitrogen and oxygen atoms in total. The Hall–Kier alpha value is -0.0800. The summed E-state index contributed by atoms with van der Waals surface area (Å²) in [6.07, 6.45) is 9.20. The molecular formula is C18H34O2. The van der Waals surface area contributed by atoms with Crippen LogP contribution >= 0.6 is 0 Å². The van der Waals surface area contributed by atoms with Crippen LogP contribution in [0.5, 0.6) is 0 Å². The molecule has 2 fully saturated rings. The van der Waals surface area contributed by atoms with E-state index in [1.807, 2.05) is 13.8 Å². The fraction of sp³-hybridized carbons (Fsp3) is 1.00. The molecule has 0 radical (unpaired) electrons. The van der Waals surface area contributed by atoms with Gasteiger partial charge in [0, 0.05) is 0 Å². The van der Waals surface area contributed by atoms with Gasteiger partial charge in [0.05, 0.1) is 11.7 Å². The van der Waals surface area contributed by atoms with Gasteiger partial charge >= 0.3 is 0 Å². The molecule has 2 rings (SSSR count). The topological polar surface area (TPSA) is 40.5 Å². The zero-order valence-corrected chi connectivity index (χ0v) is 13.9. The lowest BCUT2D eigenvalue weighted by molar-refractivity contribution is -0.0283. The van der Waals surface area contributed by atoms with Crippen LogP contribution in [0, 0.1) is 23.2 Å². The molecule has 20 heavy (non-hydrogen) atoms. The molecule has 0 aromatic carbocycles. The highest BCUT2D eigenvalue weighted by molar-refractivity contribution is 5.01. The molecule has 0 spiro atoms. The van der Waals surface area contributed by atoms with E-state index in [0.29, 0.717) is 11.3 Å². The first kappa shape index (κ1) is 16.3. The highest BCUT2D eigenvalue weighted by Crippen LogP contribution is 2.58. The molecule has 0 heterocycles. The number of aliphatic hydroxyl groups is 2. The third-order valence-electron chi connectivity index (χ3n) is 6.30. The summed E-state index contributed by atoms with van der Waals surface area (Å²) in [5.41, 5.74) is -0.158. The Bertz CT molecular complexity index is 320. The molecule has 0 amide bonds. The molecule has 0 unspecified atom stereocenters. The van der Waals surface area contributed by atoms with Crippen LogP contribution in [-0.2, 0) is 0 Å². The van der Waals surface area contributed by atoms with E-state index >= 15 is 0 Å². The fourth-order valence-electron chi connectivity index (χ4n) is 5.18. The van der Waals surface area contributed by atoms with Crippen molar-refractivity contribution in [2.24, 2.45) is 23.2 Å². The molecule has 2 N–H and O–H groups in total. The van der Waals surface area contributed by atoms with Gasteiger partial charge in [-0.05, 0) is 69.1 Å². The number of fused-ring (bicyclic) bond motifs is 1. The smallest absolute Gasteiger partial charge is 0.0591 e. The number of rotatable bonds is 5. The summed E-state index contributed by atoms with van der Waals surface area (Å²) in [5.74, 6) is 2.03. The van der Waals surface area contributed by atoms with Crippen LogP contribution in [0.25, 0.3) is 0 Å². The van der Waals surface area contributed by atoms with Crippen molar-refractivity contribution in [2.75, 3.05) is 0 Å². The summed E-state index contributed by atoms with van der Waals surface area (Å²) in [6.45, 7) is 8.64. The third-order valence-corrected chi connectivity index (χ3v) is 6.30. The van der Waals surface area contributed by atoms with E-state index in [2.05, 4.69) is 13.8 Å². The minimum atomic E-state index is -0.525. The lowest BCUT2D eigenvalue weighted by Gasteiger charge is -2.45. The van der Waals surface area contributed by atoms with E-state index in [0.717, 1.165) is 31.1 Å². The SMILES string of the molecule is C[C@H](CCCC(C)(C)O)[C@@H]1CC[C@H]2[C@@H](O)CCC[C@]12C. The molecule has 0 aromatic heterocycles. The molecule has 0 saturated heterocycles. The lowest BCUT2D eigenvalue weighted by Crippen LogP contribution is -2.41. The molecule has 2 saturated carbocycles. The summed E-state index contributed by atoms with van der Waals surface area (Å²) >= 11 is 0. The zero-order valence-electron chi connectivity index (χ0n) is 13.9. The normalized spacial score (nSPS) is 39.6. The van der Waals surface area contributed by atoms with E-state index in [4.69, 9.17) is 0 Å². The maximum absolute atomic E-state index is 10.3. The van der Waals surface area contributed by atoms with Crippen molar-refractivity contribution in [3.05, 3.63) is 0 Å². The van der Waals surface area contributed by atoms with Crippen LogP contribution in [0.1, 0.15) is 79.1 Å². The summed E-state index contributed by atoms with van der Waals surface area (Å²) in [4.78, 5) is 0. The number of aliphatic hydroxyl groups excluding tert-OH is 1. The van der Waals surface area contributed by atoms with Crippen molar-refractivity contribution < 1.29 is 10.2 Å². The highest BCUT2D eigenvalue weighted by atomic mass is 16.3. The van der Waals surface area contributed by atoms with Gasteiger partial charge in [0.1, 0.15) is 0 Å². The molecule has 2 heteroatoms. The maximum Gasteiger partial charge on any atom is 0.0591 e. The van der Waals surface area contributed by atoms with E-state index in [1.165, 1.54) is 32.1 Å². The van der Waals surface area contributed by atoms with Crippen LogP contribution in [0.3, 0.4) is 0 Å². The first-order chi connectivity index (χ1) is 9.24. The molecule has 0 aliphatic heterocycles. The first-order valence-corrected chi connectivity index (χ1v) is 8.64. The van der Waals surface area contributed by atoms with Crippen molar-refractivity contribution >= 4 is 0 Å². The monoisotopic (exact) mass is 282 g/mol. The van der Waals surface area contributed by atoms with E-state index in [9.17, 15) is 10.2 Å². The summed E-state index contributed by atoms with van der Waals surface area (Å²) in [7, 11) is 0. The zero-order chi connectivity index (χ0) is 15.0. The fourth-order valence-corrected chi connectivity index (χ4v) is 5.18. The second-order valence-corrected chi connectivity index (χ2v) is 8.44. The number of hydrogen-bond donors (Lipinski definition) is 2. The van der Waals surface area contributed by atoms with Crippen LogP contribution in [-0.4, -0.2) is 21.9 Å². The molecule has 2 aliphatic carbocycles. The minimum absolute atomic E-state index is 0.0534. The van der Waals surface area contributed by atoms with Gasteiger partial charge in [-0.2, -0.15) is 0 Å². The Labute approximate surface area is 125 Å². The van der Waals surface area contributed by atoms with Crippen LogP contribution in [0.4, 0.5) is 0 Å². The first-order valence-electron chi connectivity index (χ1n) is 8.64. The second-order valence-electron chi connectivity index (χ2n) is 8.44. The number of hydrogen-bond acceptors (Lipinski definition) is 2. The standard InChI is InChI=1S/C18H34O2/c1-13(7-5-11-17(2,3)20)14-9-10-15-16(19)8-6-12-18(14,15)4/h13-16,19-20H,5-12H2,1-4H3/t13-,14+,15+,16+,18-/m1/s1. The van der Waals surface area contributed by atoms with Crippen molar-refractivity contribution in [1.29, 1.82) is 0 Å². The Kier molecular flexibility index (Phi) is 4.86. The Morgan fingerprint density at radius 1 is 1.25 bits per heavy atom. The van der Waals surface area contributed by atoms with Crippen molar-refractivity contribution in [1.82, 2.24) is 0 Å². The van der Waals surface area contributed by atoms with Crippen LogP contribution in [0.2, 0.25) is 0 Å². The van der Waals surface area contributed by atoms with Gasteiger partial charge in [-0.15, -0.1) is 0 Å². The van der Waals surface area contributed by atoms with Gasteiger partial charge in [0.25, 0.3) is 0 Å². The Morgan fingerprint density at radius 2 is 1.95 bits per heavy atom. The minimum Gasteiger partial charge on any atom is -0.393 e. The lowest BCUT2D eigenvalue weighted by atomic mass is 9.61. The van der Waals surface area contributed by atoms with Gasteiger partial charge in [-0.25, -0.2) is 0 Å². The molecule has 2 aliphatic rings. The van der Waals surface area contributed by atoms with Crippen molar-refractivity contribution in [2.45, 2.75) is 90.8 Å². The van der Waals surface area contributed by atoms with Gasteiger partial charge in [0.15, 0.2) is 0 Å². The molecule has 5 atom stereocenters. The molecule has 0 aromatic rings. The predicted molar refractivity (Wildman–Crippen MR) is 83.5 cm³/mol. The summed E-state index contributed by atoms with van der Waals surface area (Å²) in [5, 5.41) is 20.1. The molecule has 118 valence electrons. The highest BCUT2D eigenvalue weighted by Gasteiger charge is 2.51. The van der Waals surface area contributed by atoms with Crippen molar-refractivity contribution in [3.8, 4) is 0 Å².